The van der Waals surface area contributed by atoms with Crippen LogP contribution in [0.3, 0.4) is 0 Å². The summed E-state index contributed by atoms with van der Waals surface area (Å²) in [6.45, 7) is 2.64. The number of thiophene rings is 1. The van der Waals surface area contributed by atoms with Crippen LogP contribution in [0, 0.1) is 5.82 Å². The third-order valence-corrected chi connectivity index (χ3v) is 7.83. The van der Waals surface area contributed by atoms with Crippen molar-refractivity contribution in [1.82, 2.24) is 10.2 Å². The number of amidine groups is 1. The largest absolute Gasteiger partial charge is 0.497 e. The summed E-state index contributed by atoms with van der Waals surface area (Å²) in [5.41, 5.74) is 3.89. The highest BCUT2D eigenvalue weighted by molar-refractivity contribution is 7.23. The van der Waals surface area contributed by atoms with Crippen LogP contribution in [-0.4, -0.2) is 43.5 Å². The number of nitrogens with one attached hydrogen (secondary N) is 2. The minimum atomic E-state index is -0.265. The van der Waals surface area contributed by atoms with E-state index in [1.807, 2.05) is 12.1 Å². The smallest absolute Gasteiger partial charge is 0.140 e. The molecular weight excluding hydrogens is 459 g/mol. The number of aryl methyl sites for hydroxylation is 1. The fourth-order valence-electron chi connectivity index (χ4n) is 4.93. The monoisotopic (exact) mass is 486 g/mol. The molecule has 1 atom stereocenters. The van der Waals surface area contributed by atoms with Gasteiger partial charge in [-0.2, -0.15) is 0 Å². The molecule has 178 valence electrons. The van der Waals surface area contributed by atoms with Crippen LogP contribution in [0.1, 0.15) is 17.5 Å². The van der Waals surface area contributed by atoms with E-state index in [9.17, 15) is 4.39 Å². The Morgan fingerprint density at radius 1 is 1.11 bits per heavy atom. The number of ether oxygens (including phenoxy) is 1. The molecule has 0 amide bonds. The van der Waals surface area contributed by atoms with Gasteiger partial charge in [-0.3, -0.25) is 0 Å². The van der Waals surface area contributed by atoms with E-state index in [1.165, 1.54) is 27.8 Å². The molecule has 0 radical (unpaired) electrons. The number of halogens is 1. The van der Waals surface area contributed by atoms with Crippen LogP contribution in [0.5, 0.6) is 5.75 Å². The number of fused-ring (bicyclic) bond motifs is 4. The lowest BCUT2D eigenvalue weighted by atomic mass is 10.0. The Hall–Kier alpha value is -3.42. The Morgan fingerprint density at radius 2 is 1.97 bits per heavy atom. The van der Waals surface area contributed by atoms with Crippen molar-refractivity contribution in [1.29, 1.82) is 0 Å². The second-order valence-electron chi connectivity index (χ2n) is 9.01. The number of rotatable bonds is 4. The highest BCUT2D eigenvalue weighted by Gasteiger charge is 2.29. The van der Waals surface area contributed by atoms with Gasteiger partial charge in [-0.1, -0.05) is 30.3 Å². The van der Waals surface area contributed by atoms with Crippen molar-refractivity contribution in [2.75, 3.05) is 32.1 Å². The van der Waals surface area contributed by atoms with Gasteiger partial charge in [0.25, 0.3) is 0 Å². The summed E-state index contributed by atoms with van der Waals surface area (Å²) < 4.78 is 20.5. The van der Waals surface area contributed by atoms with Gasteiger partial charge in [0, 0.05) is 35.8 Å². The normalized spacial score (nSPS) is 17.3. The minimum Gasteiger partial charge on any atom is -0.497 e. The molecule has 2 aliphatic rings. The molecule has 5 nitrogen and oxygen atoms in total. The van der Waals surface area contributed by atoms with Crippen LogP contribution in [0.25, 0.3) is 10.1 Å². The molecule has 2 N–H and O–H groups in total. The van der Waals surface area contributed by atoms with E-state index in [2.05, 4.69) is 51.9 Å². The summed E-state index contributed by atoms with van der Waals surface area (Å²) in [5, 5.41) is 9.37. The van der Waals surface area contributed by atoms with Gasteiger partial charge in [0.1, 0.15) is 22.4 Å². The predicted octanol–water partition coefficient (Wildman–Crippen LogP) is 6.09. The first-order valence-corrected chi connectivity index (χ1v) is 12.8. The molecule has 2 aliphatic heterocycles. The molecule has 0 aliphatic carbocycles. The zero-order valence-electron chi connectivity index (χ0n) is 19.6. The van der Waals surface area contributed by atoms with E-state index < -0.39 is 0 Å². The maximum Gasteiger partial charge on any atom is 0.140 e. The molecule has 1 saturated heterocycles. The predicted molar refractivity (Wildman–Crippen MR) is 142 cm³/mol. The van der Waals surface area contributed by atoms with E-state index >= 15 is 0 Å². The Balaban J connectivity index is 1.31. The van der Waals surface area contributed by atoms with Crippen LogP contribution in [0.15, 0.2) is 71.7 Å². The number of anilines is 2. The number of aliphatic imine (C=N–C) groups is 1. The second-order valence-corrected chi connectivity index (χ2v) is 10.1. The molecule has 0 saturated carbocycles. The number of hydrogen-bond acceptors (Lipinski definition) is 6. The van der Waals surface area contributed by atoms with Crippen molar-refractivity contribution >= 4 is 43.6 Å². The van der Waals surface area contributed by atoms with Gasteiger partial charge in [0.05, 0.1) is 24.0 Å². The maximum absolute atomic E-state index is 14.1. The zero-order chi connectivity index (χ0) is 23.8. The number of hydrogen-bond donors (Lipinski definition) is 2. The number of methoxy groups -OCH3 is 1. The third kappa shape index (κ3) is 4.37. The average Bonchev–Trinajstić information content (AvgIpc) is 3.17. The van der Waals surface area contributed by atoms with Gasteiger partial charge in [-0.25, -0.2) is 9.38 Å². The van der Waals surface area contributed by atoms with Crippen molar-refractivity contribution in [3.8, 4) is 5.75 Å². The van der Waals surface area contributed by atoms with Crippen LogP contribution in [0.4, 0.5) is 20.8 Å². The lowest BCUT2D eigenvalue weighted by molar-refractivity contribution is 0.282. The van der Waals surface area contributed by atoms with Crippen molar-refractivity contribution in [2.45, 2.75) is 18.9 Å². The maximum atomic E-state index is 14.1. The molecule has 3 heterocycles. The molecule has 3 aromatic carbocycles. The van der Waals surface area contributed by atoms with Crippen LogP contribution < -0.4 is 15.4 Å². The lowest BCUT2D eigenvalue weighted by Gasteiger charge is -2.36. The Bertz CT molecular complexity index is 1400. The van der Waals surface area contributed by atoms with E-state index in [4.69, 9.17) is 9.73 Å². The molecule has 35 heavy (non-hydrogen) atoms. The van der Waals surface area contributed by atoms with Gasteiger partial charge in [-0.05, 0) is 54.8 Å². The molecule has 7 heteroatoms. The Kier molecular flexibility index (Phi) is 5.88. The summed E-state index contributed by atoms with van der Waals surface area (Å²) in [4.78, 5) is 7.51. The first kappa shape index (κ1) is 22.1. The van der Waals surface area contributed by atoms with Crippen molar-refractivity contribution in [3.05, 3.63) is 83.7 Å². The van der Waals surface area contributed by atoms with Gasteiger partial charge >= 0.3 is 0 Å². The molecule has 4 aromatic rings. The first-order valence-electron chi connectivity index (χ1n) is 12.0. The van der Waals surface area contributed by atoms with Gasteiger partial charge in [0.15, 0.2) is 0 Å². The quantitative estimate of drug-likeness (QED) is 0.366. The number of benzene rings is 3. The summed E-state index contributed by atoms with van der Waals surface area (Å²) in [6, 6.07) is 21.9. The van der Waals surface area contributed by atoms with Crippen molar-refractivity contribution < 1.29 is 9.13 Å². The SMILES string of the molecule is COc1ccc(CC[C@H]2CN(C3=Nc4ccc(F)cc4Nc4sc5ccccc5c43)CCN2)cc1. The van der Waals surface area contributed by atoms with Gasteiger partial charge in [0.2, 0.25) is 0 Å². The topological polar surface area (TPSA) is 48.9 Å². The summed E-state index contributed by atoms with van der Waals surface area (Å²) >= 11 is 1.69. The van der Waals surface area contributed by atoms with Crippen molar-refractivity contribution in [2.24, 2.45) is 4.99 Å². The molecule has 1 fully saturated rings. The Morgan fingerprint density at radius 3 is 2.83 bits per heavy atom. The summed E-state index contributed by atoms with van der Waals surface area (Å²) in [7, 11) is 1.69. The van der Waals surface area contributed by atoms with Crippen molar-refractivity contribution in [3.63, 3.8) is 0 Å². The molecule has 1 aromatic heterocycles. The second kappa shape index (κ2) is 9.32. The van der Waals surface area contributed by atoms with Crippen LogP contribution >= 0.6 is 11.3 Å². The number of nitrogens with zero attached hydrogens (tertiary/aromatic N) is 2. The summed E-state index contributed by atoms with van der Waals surface area (Å²) in [6.07, 6.45) is 2.03. The third-order valence-electron chi connectivity index (χ3n) is 6.75. The van der Waals surface area contributed by atoms with E-state index in [1.54, 1.807) is 24.5 Å². The first-order chi connectivity index (χ1) is 17.2. The molecule has 0 bridgehead atoms. The van der Waals surface area contributed by atoms with E-state index in [-0.39, 0.29) is 5.82 Å². The molecule has 6 rings (SSSR count). The average molecular weight is 487 g/mol. The Labute approximate surface area is 208 Å². The van der Waals surface area contributed by atoms with Gasteiger partial charge in [-0.15, -0.1) is 11.3 Å². The molecular formula is C28H27FN4OS. The molecule has 0 unspecified atom stereocenters. The lowest BCUT2D eigenvalue weighted by Crippen LogP contribution is -2.52. The number of piperazine rings is 1. The van der Waals surface area contributed by atoms with Crippen LogP contribution in [-0.2, 0) is 6.42 Å². The highest BCUT2D eigenvalue weighted by atomic mass is 32.1. The fraction of sp³-hybridized carbons (Fsp3) is 0.250. The fourth-order valence-corrected chi connectivity index (χ4v) is 6.04. The van der Waals surface area contributed by atoms with E-state index in [0.717, 1.165) is 60.3 Å². The zero-order valence-corrected chi connectivity index (χ0v) is 20.4. The minimum absolute atomic E-state index is 0.265. The summed E-state index contributed by atoms with van der Waals surface area (Å²) in [5.74, 6) is 1.58. The molecule has 0 spiro atoms. The van der Waals surface area contributed by atoms with Crippen LogP contribution in [0.2, 0.25) is 0 Å². The van der Waals surface area contributed by atoms with Gasteiger partial charge < -0.3 is 20.3 Å². The highest BCUT2D eigenvalue weighted by Crippen LogP contribution is 2.43. The standard InChI is InChI=1S/C28H27FN4OS/c1-34-21-11-7-18(8-12-21)6-10-20-17-33(15-14-30-20)27-26-22-4-2-3-5-25(22)35-28(26)32-24-16-19(29)9-13-23(24)31-27/h2-5,7-9,11-13,16,20,30,32H,6,10,14-15,17H2,1H3/t20-/m0/s1. The van der Waals surface area contributed by atoms with E-state index in [0.29, 0.717) is 11.7 Å².